The highest BCUT2D eigenvalue weighted by Crippen LogP contribution is 2.38. The first-order chi connectivity index (χ1) is 9.90. The van der Waals surface area contributed by atoms with Crippen LogP contribution in [0.3, 0.4) is 0 Å². The maximum absolute atomic E-state index is 10.9. The molecule has 5 heteroatoms. The van der Waals surface area contributed by atoms with E-state index in [4.69, 9.17) is 21.1 Å². The van der Waals surface area contributed by atoms with E-state index >= 15 is 0 Å². The van der Waals surface area contributed by atoms with E-state index in [2.05, 4.69) is 15.9 Å². The molecule has 0 spiro atoms. The summed E-state index contributed by atoms with van der Waals surface area (Å²) < 4.78 is 11.4. The molecule has 0 bridgehead atoms. The average molecular weight is 372 g/mol. The fraction of sp³-hybridized carbons (Fsp3) is 0.250. The van der Waals surface area contributed by atoms with Crippen LogP contribution in [0, 0.1) is 0 Å². The minimum Gasteiger partial charge on any atom is -0.493 e. The zero-order valence-corrected chi connectivity index (χ0v) is 14.3. The van der Waals surface area contributed by atoms with Crippen molar-refractivity contribution in [2.75, 3.05) is 14.2 Å². The smallest absolute Gasteiger partial charge is 0.161 e. The Morgan fingerprint density at radius 3 is 2.29 bits per heavy atom. The van der Waals surface area contributed by atoms with Gasteiger partial charge in [0.2, 0.25) is 0 Å². The molecule has 2 aromatic carbocycles. The van der Waals surface area contributed by atoms with Gasteiger partial charge in [-0.1, -0.05) is 39.7 Å². The predicted molar refractivity (Wildman–Crippen MR) is 87.4 cm³/mol. The van der Waals surface area contributed by atoms with E-state index in [0.29, 0.717) is 27.6 Å². The summed E-state index contributed by atoms with van der Waals surface area (Å²) in [6, 6.07) is 10.7. The molecule has 0 aliphatic carbocycles. The summed E-state index contributed by atoms with van der Waals surface area (Å²) >= 11 is 9.61. The Kier molecular flexibility index (Phi) is 4.81. The molecule has 2 aromatic rings. The number of hydrogen-bond acceptors (Lipinski definition) is 3. The Bertz CT molecular complexity index is 656. The molecule has 2 rings (SSSR count). The molecule has 21 heavy (non-hydrogen) atoms. The monoisotopic (exact) mass is 370 g/mol. The SMILES string of the molecule is COc1ccc(C(C)(O)c2ccc(Br)cc2Cl)cc1OC. The Morgan fingerprint density at radius 2 is 1.71 bits per heavy atom. The van der Waals surface area contributed by atoms with Crippen molar-refractivity contribution in [3.05, 3.63) is 57.0 Å². The lowest BCUT2D eigenvalue weighted by Crippen LogP contribution is -2.23. The maximum Gasteiger partial charge on any atom is 0.161 e. The van der Waals surface area contributed by atoms with Crippen LogP contribution in [0.15, 0.2) is 40.9 Å². The quantitative estimate of drug-likeness (QED) is 0.867. The summed E-state index contributed by atoms with van der Waals surface area (Å²) in [5.41, 5.74) is 0.0566. The van der Waals surface area contributed by atoms with Gasteiger partial charge in [0.05, 0.1) is 14.2 Å². The van der Waals surface area contributed by atoms with Gasteiger partial charge in [0.15, 0.2) is 11.5 Å². The Hall–Kier alpha value is -1.23. The topological polar surface area (TPSA) is 38.7 Å². The van der Waals surface area contributed by atoms with Crippen LogP contribution in [0.25, 0.3) is 0 Å². The van der Waals surface area contributed by atoms with E-state index in [1.807, 2.05) is 6.07 Å². The van der Waals surface area contributed by atoms with Crippen molar-refractivity contribution in [3.8, 4) is 11.5 Å². The van der Waals surface area contributed by atoms with E-state index in [0.717, 1.165) is 4.47 Å². The number of rotatable bonds is 4. The van der Waals surface area contributed by atoms with Gasteiger partial charge in [-0.3, -0.25) is 0 Å². The number of halogens is 2. The summed E-state index contributed by atoms with van der Waals surface area (Å²) in [4.78, 5) is 0. The fourth-order valence-corrected chi connectivity index (χ4v) is 3.04. The normalized spacial score (nSPS) is 13.6. The fourth-order valence-electron chi connectivity index (χ4n) is 2.18. The molecule has 0 aliphatic rings. The number of methoxy groups -OCH3 is 2. The third-order valence-corrected chi connectivity index (χ3v) is 4.21. The molecule has 0 radical (unpaired) electrons. The lowest BCUT2D eigenvalue weighted by atomic mass is 9.88. The van der Waals surface area contributed by atoms with Gasteiger partial charge < -0.3 is 14.6 Å². The van der Waals surface area contributed by atoms with Crippen LogP contribution >= 0.6 is 27.5 Å². The number of benzene rings is 2. The first-order valence-electron chi connectivity index (χ1n) is 6.30. The first kappa shape index (κ1) is 16.1. The molecule has 0 aromatic heterocycles. The molecule has 1 unspecified atom stereocenters. The van der Waals surface area contributed by atoms with E-state index in [1.165, 1.54) is 0 Å². The first-order valence-corrected chi connectivity index (χ1v) is 7.47. The van der Waals surface area contributed by atoms with Gasteiger partial charge in [0, 0.05) is 15.1 Å². The molecule has 0 aliphatic heterocycles. The molecule has 3 nitrogen and oxygen atoms in total. The van der Waals surface area contributed by atoms with Crippen LogP contribution in [0.4, 0.5) is 0 Å². The Labute approximate surface area is 137 Å². The second-order valence-electron chi connectivity index (χ2n) is 4.77. The number of hydrogen-bond donors (Lipinski definition) is 1. The summed E-state index contributed by atoms with van der Waals surface area (Å²) in [5, 5.41) is 11.4. The second kappa shape index (κ2) is 6.26. The second-order valence-corrected chi connectivity index (χ2v) is 6.09. The number of ether oxygens (including phenoxy) is 2. The molecule has 1 atom stereocenters. The lowest BCUT2D eigenvalue weighted by Gasteiger charge is -2.26. The van der Waals surface area contributed by atoms with E-state index < -0.39 is 5.60 Å². The molecule has 1 N–H and O–H groups in total. The molecule has 0 heterocycles. The van der Waals surface area contributed by atoms with Gasteiger partial charge in [-0.25, -0.2) is 0 Å². The largest absolute Gasteiger partial charge is 0.493 e. The predicted octanol–water partition coefficient (Wildman–Crippen LogP) is 4.38. The summed E-state index contributed by atoms with van der Waals surface area (Å²) in [6.07, 6.45) is 0. The molecule has 0 saturated carbocycles. The molecule has 112 valence electrons. The summed E-state index contributed by atoms with van der Waals surface area (Å²) in [6.45, 7) is 1.70. The zero-order valence-electron chi connectivity index (χ0n) is 12.0. The van der Waals surface area contributed by atoms with E-state index in [-0.39, 0.29) is 0 Å². The van der Waals surface area contributed by atoms with Gasteiger partial charge in [-0.05, 0) is 36.8 Å². The van der Waals surface area contributed by atoms with Crippen molar-refractivity contribution >= 4 is 27.5 Å². The zero-order chi connectivity index (χ0) is 15.6. The third kappa shape index (κ3) is 3.18. The van der Waals surface area contributed by atoms with Crippen molar-refractivity contribution < 1.29 is 14.6 Å². The maximum atomic E-state index is 10.9. The van der Waals surface area contributed by atoms with Crippen LogP contribution in [0.2, 0.25) is 5.02 Å². The van der Waals surface area contributed by atoms with Crippen LogP contribution in [0.1, 0.15) is 18.1 Å². The molecular weight excluding hydrogens is 356 g/mol. The highest BCUT2D eigenvalue weighted by atomic mass is 79.9. The summed E-state index contributed by atoms with van der Waals surface area (Å²) in [7, 11) is 3.13. The molecule has 0 amide bonds. The minimum absolute atomic E-state index is 0.490. The van der Waals surface area contributed by atoms with E-state index in [1.54, 1.807) is 51.5 Å². The highest BCUT2D eigenvalue weighted by molar-refractivity contribution is 9.10. The van der Waals surface area contributed by atoms with Crippen molar-refractivity contribution in [1.82, 2.24) is 0 Å². The molecule has 0 fully saturated rings. The van der Waals surface area contributed by atoms with Crippen molar-refractivity contribution in [1.29, 1.82) is 0 Å². The van der Waals surface area contributed by atoms with Crippen LogP contribution in [0.5, 0.6) is 11.5 Å². The Morgan fingerprint density at radius 1 is 1.05 bits per heavy atom. The van der Waals surface area contributed by atoms with Gasteiger partial charge in [-0.15, -0.1) is 0 Å². The van der Waals surface area contributed by atoms with Gasteiger partial charge in [-0.2, -0.15) is 0 Å². The van der Waals surface area contributed by atoms with Crippen molar-refractivity contribution in [2.24, 2.45) is 0 Å². The molecule has 0 saturated heterocycles. The van der Waals surface area contributed by atoms with E-state index in [9.17, 15) is 5.11 Å². The van der Waals surface area contributed by atoms with Crippen LogP contribution in [-0.4, -0.2) is 19.3 Å². The average Bonchev–Trinajstić information content (AvgIpc) is 2.46. The van der Waals surface area contributed by atoms with Crippen LogP contribution in [-0.2, 0) is 5.60 Å². The van der Waals surface area contributed by atoms with Gasteiger partial charge >= 0.3 is 0 Å². The van der Waals surface area contributed by atoms with Crippen molar-refractivity contribution in [2.45, 2.75) is 12.5 Å². The molecular formula is C16H16BrClO3. The Balaban J connectivity index is 2.52. The van der Waals surface area contributed by atoms with Gasteiger partial charge in [0.1, 0.15) is 5.60 Å². The van der Waals surface area contributed by atoms with Crippen molar-refractivity contribution in [3.63, 3.8) is 0 Å². The minimum atomic E-state index is -1.24. The van der Waals surface area contributed by atoms with Gasteiger partial charge in [0.25, 0.3) is 0 Å². The highest BCUT2D eigenvalue weighted by Gasteiger charge is 2.29. The number of aliphatic hydroxyl groups is 1. The standard InChI is InChI=1S/C16H16BrClO3/c1-16(19,12-6-5-11(17)9-13(12)18)10-4-7-14(20-2)15(8-10)21-3/h4-9,19H,1-3H3. The lowest BCUT2D eigenvalue weighted by molar-refractivity contribution is 0.102. The summed E-state index contributed by atoms with van der Waals surface area (Å²) in [5.74, 6) is 1.17. The third-order valence-electron chi connectivity index (χ3n) is 3.40. The van der Waals surface area contributed by atoms with Crippen LogP contribution < -0.4 is 9.47 Å².